The first kappa shape index (κ1) is 15.2. The molecule has 1 aromatic carbocycles. The molecule has 5 heteroatoms. The van der Waals surface area contributed by atoms with Crippen LogP contribution >= 0.6 is 0 Å². The maximum Gasteiger partial charge on any atom is 0.234 e. The van der Waals surface area contributed by atoms with E-state index in [4.69, 9.17) is 9.15 Å². The number of hydrogen-bond donors (Lipinski definition) is 0. The molecule has 2 aliphatic rings. The van der Waals surface area contributed by atoms with Gasteiger partial charge in [0.1, 0.15) is 6.07 Å². The molecule has 1 aromatic heterocycles. The van der Waals surface area contributed by atoms with Gasteiger partial charge in [-0.1, -0.05) is 30.3 Å². The number of aromatic nitrogens is 1. The van der Waals surface area contributed by atoms with E-state index in [0.717, 1.165) is 19.5 Å². The van der Waals surface area contributed by atoms with Crippen molar-refractivity contribution in [2.45, 2.75) is 44.3 Å². The topological polar surface area (TPSA) is 62.3 Å². The number of morpholine rings is 1. The van der Waals surface area contributed by atoms with Crippen molar-refractivity contribution in [1.82, 2.24) is 4.98 Å². The fourth-order valence-corrected chi connectivity index (χ4v) is 3.65. The van der Waals surface area contributed by atoms with Crippen LogP contribution in [0, 0.1) is 11.3 Å². The van der Waals surface area contributed by atoms with Crippen LogP contribution in [0.3, 0.4) is 0 Å². The fraction of sp³-hybridized carbons (Fsp3) is 0.474. The van der Waals surface area contributed by atoms with E-state index >= 15 is 0 Å². The molecular weight excluding hydrogens is 302 g/mol. The monoisotopic (exact) mass is 323 g/mol. The molecule has 0 amide bonds. The van der Waals surface area contributed by atoms with Crippen LogP contribution in [0.4, 0.5) is 5.88 Å². The summed E-state index contributed by atoms with van der Waals surface area (Å²) in [5, 5.41) is 9.45. The van der Waals surface area contributed by atoms with Crippen LogP contribution in [0.25, 0.3) is 0 Å². The van der Waals surface area contributed by atoms with E-state index in [1.54, 1.807) is 0 Å². The predicted molar refractivity (Wildman–Crippen MR) is 90.0 cm³/mol. The quantitative estimate of drug-likeness (QED) is 0.866. The summed E-state index contributed by atoms with van der Waals surface area (Å²) in [4.78, 5) is 6.57. The highest BCUT2D eigenvalue weighted by Crippen LogP contribution is 2.54. The van der Waals surface area contributed by atoms with Gasteiger partial charge in [0.2, 0.25) is 17.5 Å². The number of benzene rings is 1. The number of nitriles is 1. The minimum absolute atomic E-state index is 0.117. The first-order chi connectivity index (χ1) is 11.7. The molecule has 1 saturated heterocycles. The third kappa shape index (κ3) is 2.78. The summed E-state index contributed by atoms with van der Waals surface area (Å²) in [6.07, 6.45) is 1.27. The smallest absolute Gasteiger partial charge is 0.234 e. The van der Waals surface area contributed by atoms with E-state index in [1.807, 2.05) is 19.9 Å². The second-order valence-electron chi connectivity index (χ2n) is 6.84. The Morgan fingerprint density at radius 2 is 1.83 bits per heavy atom. The van der Waals surface area contributed by atoms with Crippen LogP contribution < -0.4 is 4.90 Å². The summed E-state index contributed by atoms with van der Waals surface area (Å²) < 4.78 is 11.8. The van der Waals surface area contributed by atoms with Gasteiger partial charge in [0.15, 0.2) is 0 Å². The van der Waals surface area contributed by atoms with E-state index < -0.39 is 0 Å². The molecule has 0 bridgehead atoms. The zero-order chi connectivity index (χ0) is 16.7. The van der Waals surface area contributed by atoms with Gasteiger partial charge in [-0.2, -0.15) is 5.26 Å². The summed E-state index contributed by atoms with van der Waals surface area (Å²) in [6.45, 7) is 5.53. The molecule has 2 aromatic rings. The number of ether oxygens (including phenoxy) is 1. The molecule has 0 N–H and O–H groups in total. The zero-order valence-electron chi connectivity index (χ0n) is 14.0. The highest BCUT2D eigenvalue weighted by Gasteiger charge is 2.44. The van der Waals surface area contributed by atoms with Gasteiger partial charge >= 0.3 is 0 Å². The Balaban J connectivity index is 1.57. The van der Waals surface area contributed by atoms with E-state index in [9.17, 15) is 5.26 Å². The van der Waals surface area contributed by atoms with Gasteiger partial charge in [-0.25, -0.2) is 4.98 Å². The minimum Gasteiger partial charge on any atom is -0.423 e. The number of anilines is 1. The molecule has 2 fully saturated rings. The SMILES string of the molecule is C[C@@H]1CN(c2oc([C@H]3C[C@@H]3c3ccccc3)nc2C#N)C[C@@H](C)O1. The van der Waals surface area contributed by atoms with Crippen molar-refractivity contribution in [2.75, 3.05) is 18.0 Å². The van der Waals surface area contributed by atoms with Crippen LogP contribution in [0.1, 0.15) is 49.3 Å². The lowest BCUT2D eigenvalue weighted by atomic mass is 10.1. The molecular formula is C19H21N3O2. The van der Waals surface area contributed by atoms with Crippen molar-refractivity contribution in [3.8, 4) is 6.07 Å². The molecule has 1 aliphatic carbocycles. The lowest BCUT2D eigenvalue weighted by Crippen LogP contribution is -2.45. The van der Waals surface area contributed by atoms with Crippen molar-refractivity contribution in [2.24, 2.45) is 0 Å². The third-order valence-electron chi connectivity index (χ3n) is 4.77. The summed E-state index contributed by atoms with van der Waals surface area (Å²) in [6, 6.07) is 12.6. The van der Waals surface area contributed by atoms with Gasteiger partial charge < -0.3 is 14.1 Å². The number of rotatable bonds is 3. The first-order valence-corrected chi connectivity index (χ1v) is 8.52. The van der Waals surface area contributed by atoms with Crippen molar-refractivity contribution < 1.29 is 9.15 Å². The number of nitrogens with zero attached hydrogens (tertiary/aromatic N) is 3. The Morgan fingerprint density at radius 1 is 1.12 bits per heavy atom. The summed E-state index contributed by atoms with van der Waals surface area (Å²) >= 11 is 0. The lowest BCUT2D eigenvalue weighted by molar-refractivity contribution is -0.00647. The Hall–Kier alpha value is -2.32. The summed E-state index contributed by atoms with van der Waals surface area (Å²) in [5.74, 6) is 2.03. The van der Waals surface area contributed by atoms with Crippen LogP contribution in [0.15, 0.2) is 34.7 Å². The van der Waals surface area contributed by atoms with Gasteiger partial charge in [-0.05, 0) is 31.7 Å². The van der Waals surface area contributed by atoms with Crippen molar-refractivity contribution >= 4 is 5.88 Å². The highest BCUT2D eigenvalue weighted by atomic mass is 16.5. The molecule has 1 saturated carbocycles. The zero-order valence-corrected chi connectivity index (χ0v) is 14.0. The minimum atomic E-state index is 0.117. The number of oxazole rings is 1. The molecule has 0 radical (unpaired) electrons. The van der Waals surface area contributed by atoms with Crippen LogP contribution in [0.2, 0.25) is 0 Å². The second kappa shape index (κ2) is 5.95. The standard InChI is InChI=1S/C19H21N3O2/c1-12-10-22(11-13(2)23-12)19-17(9-20)21-18(24-19)16-8-15(16)14-6-4-3-5-7-14/h3-7,12-13,15-16H,8,10-11H2,1-2H3/t12-,13-,15-,16+/m1/s1. The average molecular weight is 323 g/mol. The van der Waals surface area contributed by atoms with Crippen molar-refractivity contribution in [3.05, 3.63) is 47.5 Å². The Morgan fingerprint density at radius 3 is 2.50 bits per heavy atom. The molecule has 0 unspecified atom stereocenters. The van der Waals surface area contributed by atoms with Crippen LogP contribution in [-0.4, -0.2) is 30.3 Å². The Kier molecular flexibility index (Phi) is 3.78. The molecule has 124 valence electrons. The third-order valence-corrected chi connectivity index (χ3v) is 4.77. The van der Waals surface area contributed by atoms with E-state index in [-0.39, 0.29) is 18.1 Å². The van der Waals surface area contributed by atoms with Gasteiger partial charge in [0.05, 0.1) is 12.2 Å². The van der Waals surface area contributed by atoms with Gasteiger partial charge in [-0.3, -0.25) is 0 Å². The maximum absolute atomic E-state index is 9.45. The van der Waals surface area contributed by atoms with Crippen LogP contribution in [-0.2, 0) is 4.74 Å². The molecule has 2 heterocycles. The molecule has 4 atom stereocenters. The van der Waals surface area contributed by atoms with E-state index in [0.29, 0.717) is 23.4 Å². The molecule has 0 spiro atoms. The van der Waals surface area contributed by atoms with E-state index in [1.165, 1.54) is 5.56 Å². The molecule has 5 nitrogen and oxygen atoms in total. The predicted octanol–water partition coefficient (Wildman–Crippen LogP) is 3.43. The van der Waals surface area contributed by atoms with Crippen molar-refractivity contribution in [1.29, 1.82) is 5.26 Å². The van der Waals surface area contributed by atoms with Gasteiger partial charge in [0, 0.05) is 19.0 Å². The summed E-state index contributed by atoms with van der Waals surface area (Å²) in [7, 11) is 0. The summed E-state index contributed by atoms with van der Waals surface area (Å²) in [5.41, 5.74) is 1.71. The lowest BCUT2D eigenvalue weighted by Gasteiger charge is -2.34. The molecule has 4 rings (SSSR count). The van der Waals surface area contributed by atoms with Crippen molar-refractivity contribution in [3.63, 3.8) is 0 Å². The fourth-order valence-electron chi connectivity index (χ4n) is 3.65. The second-order valence-corrected chi connectivity index (χ2v) is 6.84. The Labute approximate surface area is 141 Å². The number of hydrogen-bond acceptors (Lipinski definition) is 5. The van der Waals surface area contributed by atoms with Gasteiger partial charge in [0.25, 0.3) is 0 Å². The average Bonchev–Trinajstić information content (AvgIpc) is 3.26. The van der Waals surface area contributed by atoms with Gasteiger partial charge in [-0.15, -0.1) is 0 Å². The van der Waals surface area contributed by atoms with E-state index in [2.05, 4.69) is 40.2 Å². The highest BCUT2D eigenvalue weighted by molar-refractivity contribution is 5.49. The Bertz CT molecular complexity index is 755. The largest absolute Gasteiger partial charge is 0.423 e. The van der Waals surface area contributed by atoms with Crippen LogP contribution in [0.5, 0.6) is 0 Å². The molecule has 24 heavy (non-hydrogen) atoms. The molecule has 1 aliphatic heterocycles. The first-order valence-electron chi connectivity index (χ1n) is 8.52. The maximum atomic E-state index is 9.45. The normalized spacial score (nSPS) is 29.3.